The fraction of sp³-hybridized carbons (Fsp3) is 0.484. The number of carbonyl (C=O) groups excluding carboxylic acids is 1. The molecule has 0 unspecified atom stereocenters. The Morgan fingerprint density at radius 2 is 2.07 bits per heavy atom. The Bertz CT molecular complexity index is 1710. The fourth-order valence-electron chi connectivity index (χ4n) is 7.28. The third-order valence-corrected chi connectivity index (χ3v) is 9.79. The number of benzene rings is 1. The summed E-state index contributed by atoms with van der Waals surface area (Å²) in [4.78, 5) is 30.8. The zero-order valence-electron chi connectivity index (χ0n) is 25.1. The van der Waals surface area contributed by atoms with E-state index in [1.165, 1.54) is 6.08 Å². The van der Waals surface area contributed by atoms with E-state index in [1.54, 1.807) is 16.8 Å². The molecule has 0 radical (unpaired) electrons. The number of nitrogens with zero attached hydrogens (tertiary/aromatic N) is 6. The van der Waals surface area contributed by atoms with Crippen molar-refractivity contribution < 1.29 is 36.6 Å². The van der Waals surface area contributed by atoms with Crippen molar-refractivity contribution in [3.8, 4) is 23.0 Å². The van der Waals surface area contributed by atoms with Gasteiger partial charge in [-0.15, -0.1) is 0 Å². The monoisotopic (exact) mass is 666 g/mol. The lowest BCUT2D eigenvalue weighted by Crippen LogP contribution is -2.44. The van der Waals surface area contributed by atoms with Gasteiger partial charge in [0.25, 0.3) is 0 Å². The number of pyridine rings is 1. The highest BCUT2D eigenvalue weighted by atomic mass is 35.5. The Balaban J connectivity index is 1.47. The molecule has 3 aromatic rings. The second kappa shape index (κ2) is 11.8. The number of alkyl halides is 4. The van der Waals surface area contributed by atoms with E-state index >= 15 is 4.39 Å². The number of likely N-dealkylation sites (N-methyl/N-ethyl adjacent to an activating group) is 1. The van der Waals surface area contributed by atoms with E-state index in [0.29, 0.717) is 32.0 Å². The van der Waals surface area contributed by atoms with Crippen LogP contribution in [0.4, 0.5) is 27.8 Å². The standard InChI is InChI=1S/C31H32ClF5N6O3/c1-4-23(45)43-9-6-22(16(43)2)41(3)28-20-13-38-26(19-10-18(44)11-21(32)24(19)31(35,36)37)25(34)27(20)39-29(40-28)46-15-30-7-5-8-42(30)14-17(33)12-30/h4,10-11,13,16-17,22,44H,1,5-9,12,14-15H2,2-3H3/t16-,17-,22-,30+/m1/s1. The first-order chi connectivity index (χ1) is 21.7. The van der Waals surface area contributed by atoms with Crippen molar-refractivity contribution in [1.29, 1.82) is 0 Å². The predicted octanol–water partition coefficient (Wildman–Crippen LogP) is 5.78. The van der Waals surface area contributed by atoms with Crippen LogP contribution in [-0.2, 0) is 11.0 Å². The molecule has 9 nitrogen and oxygen atoms in total. The van der Waals surface area contributed by atoms with Gasteiger partial charge in [0.15, 0.2) is 5.82 Å². The molecule has 3 fully saturated rings. The number of likely N-dealkylation sites (tertiary alicyclic amines) is 1. The Morgan fingerprint density at radius 1 is 1.30 bits per heavy atom. The maximum atomic E-state index is 16.4. The predicted molar refractivity (Wildman–Crippen MR) is 161 cm³/mol. The van der Waals surface area contributed by atoms with E-state index < -0.39 is 51.3 Å². The van der Waals surface area contributed by atoms with Crippen LogP contribution in [0.15, 0.2) is 31.0 Å². The average molecular weight is 667 g/mol. The minimum absolute atomic E-state index is 0.0312. The minimum atomic E-state index is -5.00. The summed E-state index contributed by atoms with van der Waals surface area (Å²) in [6, 6.07) is 0.628. The van der Waals surface area contributed by atoms with Crippen LogP contribution in [0.1, 0.15) is 38.2 Å². The van der Waals surface area contributed by atoms with E-state index in [9.17, 15) is 27.5 Å². The highest BCUT2D eigenvalue weighted by molar-refractivity contribution is 6.32. The van der Waals surface area contributed by atoms with E-state index in [4.69, 9.17) is 16.3 Å². The van der Waals surface area contributed by atoms with Crippen LogP contribution < -0.4 is 9.64 Å². The lowest BCUT2D eigenvalue weighted by Gasteiger charge is -2.32. The Morgan fingerprint density at radius 3 is 2.78 bits per heavy atom. The molecule has 0 spiro atoms. The van der Waals surface area contributed by atoms with Gasteiger partial charge in [-0.2, -0.15) is 23.1 Å². The molecule has 46 heavy (non-hydrogen) atoms. The molecule has 6 rings (SSSR count). The summed E-state index contributed by atoms with van der Waals surface area (Å²) in [5.41, 5.74) is -3.81. The highest BCUT2D eigenvalue weighted by Crippen LogP contribution is 2.45. The summed E-state index contributed by atoms with van der Waals surface area (Å²) in [5.74, 6) is -1.88. The van der Waals surface area contributed by atoms with Crippen molar-refractivity contribution in [1.82, 2.24) is 24.8 Å². The van der Waals surface area contributed by atoms with Crippen molar-refractivity contribution in [2.45, 2.75) is 62.6 Å². The molecular weight excluding hydrogens is 635 g/mol. The van der Waals surface area contributed by atoms with Crippen LogP contribution in [0.25, 0.3) is 22.2 Å². The van der Waals surface area contributed by atoms with Gasteiger partial charge in [0.2, 0.25) is 5.91 Å². The number of aromatic nitrogens is 3. The smallest absolute Gasteiger partial charge is 0.418 e. The van der Waals surface area contributed by atoms with Crippen LogP contribution in [0.5, 0.6) is 11.8 Å². The van der Waals surface area contributed by atoms with Crippen LogP contribution in [0.3, 0.4) is 0 Å². The summed E-state index contributed by atoms with van der Waals surface area (Å²) in [6.07, 6.45) is -1.26. The van der Waals surface area contributed by atoms with Gasteiger partial charge < -0.3 is 19.6 Å². The summed E-state index contributed by atoms with van der Waals surface area (Å²) in [5, 5.41) is 9.34. The molecule has 15 heteroatoms. The number of aromatic hydroxyl groups is 1. The fourth-order valence-corrected chi connectivity index (χ4v) is 7.60. The summed E-state index contributed by atoms with van der Waals surface area (Å²) in [6.45, 7) is 6.89. The first kappa shape index (κ1) is 32.2. The van der Waals surface area contributed by atoms with Gasteiger partial charge in [-0.25, -0.2) is 8.78 Å². The molecule has 3 aliphatic rings. The number of phenolic OH excluding ortho intramolecular Hbond substituents is 1. The van der Waals surface area contributed by atoms with Crippen molar-refractivity contribution in [3.63, 3.8) is 0 Å². The molecule has 1 aromatic carbocycles. The Labute approximate surface area is 266 Å². The number of hydrogen-bond donors (Lipinski definition) is 1. The van der Waals surface area contributed by atoms with Crippen LogP contribution >= 0.6 is 11.6 Å². The Hall–Kier alpha value is -3.78. The van der Waals surface area contributed by atoms with Gasteiger partial charge in [0.05, 0.1) is 27.6 Å². The van der Waals surface area contributed by atoms with Crippen molar-refractivity contribution in [2.75, 3.05) is 38.2 Å². The zero-order chi connectivity index (χ0) is 33.1. The van der Waals surface area contributed by atoms with Crippen LogP contribution in [0, 0.1) is 5.82 Å². The van der Waals surface area contributed by atoms with Crippen LogP contribution in [0.2, 0.25) is 5.02 Å². The molecule has 5 heterocycles. The number of ether oxygens (including phenoxy) is 1. The number of rotatable bonds is 7. The largest absolute Gasteiger partial charge is 0.508 e. The maximum Gasteiger partial charge on any atom is 0.418 e. The van der Waals surface area contributed by atoms with Gasteiger partial charge in [-0.05, 0) is 50.9 Å². The Kier molecular flexibility index (Phi) is 8.24. The second-order valence-electron chi connectivity index (χ2n) is 12.2. The lowest BCUT2D eigenvalue weighted by molar-refractivity contribution is -0.137. The van der Waals surface area contributed by atoms with Crippen LogP contribution in [-0.4, -0.2) is 92.8 Å². The van der Waals surface area contributed by atoms with E-state index in [1.807, 2.05) is 11.8 Å². The molecular formula is C31H32ClF5N6O3. The molecule has 246 valence electrons. The third kappa shape index (κ3) is 5.48. The molecule has 0 aliphatic carbocycles. The average Bonchev–Trinajstić information content (AvgIpc) is 3.65. The first-order valence-electron chi connectivity index (χ1n) is 14.9. The number of hydrogen-bond acceptors (Lipinski definition) is 8. The maximum absolute atomic E-state index is 16.4. The van der Waals surface area contributed by atoms with Gasteiger partial charge in [0.1, 0.15) is 35.6 Å². The SMILES string of the molecule is C=CC(=O)N1CC[C@@H](N(C)c2nc(OC[C@@]34CCCN3C[C@H](F)C4)nc3c(F)c(-c4cc(O)cc(Cl)c4C(F)(F)F)ncc23)[C@H]1C. The molecule has 0 saturated carbocycles. The third-order valence-electron chi connectivity index (χ3n) is 9.49. The van der Waals surface area contributed by atoms with Gasteiger partial charge in [0, 0.05) is 44.4 Å². The first-order valence-corrected chi connectivity index (χ1v) is 15.3. The lowest BCUT2D eigenvalue weighted by atomic mass is 9.95. The van der Waals surface area contributed by atoms with Crippen molar-refractivity contribution >= 4 is 34.2 Å². The van der Waals surface area contributed by atoms with E-state index in [0.717, 1.165) is 18.7 Å². The summed E-state index contributed by atoms with van der Waals surface area (Å²) >= 11 is 5.87. The topological polar surface area (TPSA) is 94.9 Å². The number of phenols is 1. The second-order valence-corrected chi connectivity index (χ2v) is 12.6. The zero-order valence-corrected chi connectivity index (χ0v) is 25.9. The molecule has 3 aliphatic heterocycles. The quantitative estimate of drug-likeness (QED) is 0.251. The molecule has 2 aromatic heterocycles. The molecule has 1 N–H and O–H groups in total. The van der Waals surface area contributed by atoms with E-state index in [2.05, 4.69) is 21.5 Å². The van der Waals surface area contributed by atoms with Gasteiger partial charge in [-0.3, -0.25) is 14.7 Å². The van der Waals surface area contributed by atoms with Crippen molar-refractivity contribution in [3.05, 3.63) is 47.4 Å². The highest BCUT2D eigenvalue weighted by Gasteiger charge is 2.49. The van der Waals surface area contributed by atoms with Crippen molar-refractivity contribution in [2.24, 2.45) is 0 Å². The molecule has 0 bridgehead atoms. The summed E-state index contributed by atoms with van der Waals surface area (Å²) < 4.78 is 79.2. The number of fused-ring (bicyclic) bond motifs is 2. The van der Waals surface area contributed by atoms with Gasteiger partial charge >= 0.3 is 12.2 Å². The molecule has 4 atom stereocenters. The number of halogens is 6. The number of carbonyl (C=O) groups is 1. The van der Waals surface area contributed by atoms with E-state index in [-0.39, 0.29) is 60.3 Å². The minimum Gasteiger partial charge on any atom is -0.508 e. The number of amides is 1. The number of anilines is 1. The van der Waals surface area contributed by atoms with Gasteiger partial charge in [-0.1, -0.05) is 18.2 Å². The molecule has 3 saturated heterocycles. The normalized spacial score (nSPS) is 24.9. The molecule has 1 amide bonds. The summed E-state index contributed by atoms with van der Waals surface area (Å²) in [7, 11) is 1.71.